The van der Waals surface area contributed by atoms with E-state index >= 15 is 0 Å². The van der Waals surface area contributed by atoms with Crippen LogP contribution in [0.4, 0.5) is 5.69 Å². The Morgan fingerprint density at radius 1 is 1.04 bits per heavy atom. The molecule has 0 amide bonds. The zero-order valence-electron chi connectivity index (χ0n) is 12.9. The molecule has 0 fully saturated rings. The molecule has 0 aliphatic carbocycles. The van der Waals surface area contributed by atoms with Gasteiger partial charge in [-0.15, -0.1) is 0 Å². The lowest BCUT2D eigenvalue weighted by Crippen LogP contribution is -2.11. The number of thiocarbonyl (C=S) groups is 1. The van der Waals surface area contributed by atoms with Gasteiger partial charge in [-0.25, -0.2) is 0 Å². The van der Waals surface area contributed by atoms with Crippen molar-refractivity contribution in [1.82, 2.24) is 0 Å². The summed E-state index contributed by atoms with van der Waals surface area (Å²) in [4.78, 5) is 5.29. The van der Waals surface area contributed by atoms with E-state index in [2.05, 4.69) is 48.4 Å². The number of halogens is 2. The third kappa shape index (κ3) is 3.27. The summed E-state index contributed by atoms with van der Waals surface area (Å²) in [5.41, 5.74) is 4.64. The molecule has 2 aromatic carbocycles. The van der Waals surface area contributed by atoms with Crippen molar-refractivity contribution in [2.75, 3.05) is 11.9 Å². The van der Waals surface area contributed by atoms with E-state index in [1.807, 2.05) is 0 Å². The van der Waals surface area contributed by atoms with Gasteiger partial charge in [0.25, 0.3) is 0 Å². The van der Waals surface area contributed by atoms with Crippen molar-refractivity contribution in [3.05, 3.63) is 63.1 Å². The van der Waals surface area contributed by atoms with Crippen LogP contribution in [-0.4, -0.2) is 17.2 Å². The summed E-state index contributed by atoms with van der Waals surface area (Å²) in [5.74, 6) is 0.486. The summed E-state index contributed by atoms with van der Waals surface area (Å²) in [5, 5.41) is 4.35. The first-order valence-electron chi connectivity index (χ1n) is 7.40. The molecule has 118 valence electrons. The van der Waals surface area contributed by atoms with Gasteiger partial charge >= 0.3 is 0 Å². The lowest BCUT2D eigenvalue weighted by molar-refractivity contribution is 0.866. The summed E-state index contributed by atoms with van der Waals surface area (Å²) in [6.45, 7) is 4.76. The molecule has 0 unspecified atom stereocenters. The number of anilines is 1. The summed E-state index contributed by atoms with van der Waals surface area (Å²) >= 11 is 18.1. The van der Waals surface area contributed by atoms with Crippen LogP contribution >= 0.6 is 35.4 Å². The van der Waals surface area contributed by atoms with Crippen molar-refractivity contribution in [2.45, 2.75) is 19.8 Å². The Morgan fingerprint density at radius 3 is 2.35 bits per heavy atom. The fourth-order valence-electron chi connectivity index (χ4n) is 2.58. The predicted octanol–water partition coefficient (Wildman–Crippen LogP) is 5.71. The summed E-state index contributed by atoms with van der Waals surface area (Å²) in [6, 6.07) is 11.9. The second-order valence-corrected chi connectivity index (χ2v) is 7.08. The number of hydrogen-bond donors (Lipinski definition) is 1. The Kier molecular flexibility index (Phi) is 4.72. The topological polar surface area (TPSA) is 24.4 Å². The number of nitrogens with zero attached hydrogens (tertiary/aromatic N) is 1. The highest BCUT2D eigenvalue weighted by atomic mass is 35.5. The van der Waals surface area contributed by atoms with Gasteiger partial charge in [0.2, 0.25) is 0 Å². The SMILES string of the molecule is CC(C)c1ccc(C2=NCC(=S)Nc3c(Cl)ccc(Cl)c32)cc1. The van der Waals surface area contributed by atoms with E-state index in [1.54, 1.807) is 12.1 Å². The number of nitrogens with one attached hydrogen (secondary N) is 1. The average Bonchev–Trinajstić information content (AvgIpc) is 2.71. The highest BCUT2D eigenvalue weighted by Gasteiger charge is 2.21. The molecule has 2 aromatic rings. The minimum Gasteiger partial charge on any atom is -0.347 e. The molecule has 1 aliphatic heterocycles. The quantitative estimate of drug-likeness (QED) is 0.692. The van der Waals surface area contributed by atoms with Gasteiger partial charge in [-0.2, -0.15) is 0 Å². The van der Waals surface area contributed by atoms with Crippen molar-refractivity contribution in [1.29, 1.82) is 0 Å². The standard InChI is InChI=1S/C18H16Cl2N2S/c1-10(2)11-3-5-12(6-4-11)17-16-13(19)7-8-14(20)18(16)22-15(23)9-21-17/h3-8,10H,9H2,1-2H3,(H,22,23). The van der Waals surface area contributed by atoms with Crippen molar-refractivity contribution in [3.63, 3.8) is 0 Å². The van der Waals surface area contributed by atoms with E-state index in [0.717, 1.165) is 22.5 Å². The molecule has 0 spiro atoms. The fraction of sp³-hybridized carbons (Fsp3) is 0.222. The molecule has 1 aliphatic rings. The zero-order chi connectivity index (χ0) is 16.6. The fourth-order valence-corrected chi connectivity index (χ4v) is 3.19. The van der Waals surface area contributed by atoms with E-state index in [9.17, 15) is 0 Å². The average molecular weight is 363 g/mol. The molecule has 2 nitrogen and oxygen atoms in total. The number of benzene rings is 2. The van der Waals surface area contributed by atoms with Gasteiger partial charge in [0.15, 0.2) is 0 Å². The van der Waals surface area contributed by atoms with Gasteiger partial charge in [0.05, 0.1) is 28.0 Å². The van der Waals surface area contributed by atoms with Crippen LogP contribution in [0.5, 0.6) is 0 Å². The number of hydrogen-bond acceptors (Lipinski definition) is 2. The Bertz CT molecular complexity index is 795. The Hall–Kier alpha value is -1.42. The molecule has 3 rings (SSSR count). The Morgan fingerprint density at radius 2 is 1.70 bits per heavy atom. The molecule has 0 aromatic heterocycles. The largest absolute Gasteiger partial charge is 0.347 e. The summed E-state index contributed by atoms with van der Waals surface area (Å²) in [7, 11) is 0. The Labute approximate surface area is 151 Å². The van der Waals surface area contributed by atoms with Crippen LogP contribution in [0.2, 0.25) is 10.0 Å². The van der Waals surface area contributed by atoms with Gasteiger partial charge in [0.1, 0.15) is 4.99 Å². The number of fused-ring (bicyclic) bond motifs is 1. The van der Waals surface area contributed by atoms with Crippen LogP contribution in [0.3, 0.4) is 0 Å². The summed E-state index contributed by atoms with van der Waals surface area (Å²) < 4.78 is 0. The molecule has 1 heterocycles. The molecule has 0 radical (unpaired) electrons. The molecule has 5 heteroatoms. The Balaban J connectivity index is 2.16. The van der Waals surface area contributed by atoms with E-state index < -0.39 is 0 Å². The first-order chi connectivity index (χ1) is 11.0. The first-order valence-corrected chi connectivity index (χ1v) is 8.57. The lowest BCUT2D eigenvalue weighted by Gasteiger charge is -2.14. The minimum atomic E-state index is 0.415. The van der Waals surface area contributed by atoms with E-state index in [1.165, 1.54) is 5.56 Å². The molecule has 0 saturated carbocycles. The van der Waals surface area contributed by atoms with Crippen LogP contribution in [-0.2, 0) is 0 Å². The van der Waals surface area contributed by atoms with E-state index in [0.29, 0.717) is 27.5 Å². The van der Waals surface area contributed by atoms with Gasteiger partial charge in [-0.3, -0.25) is 4.99 Å². The van der Waals surface area contributed by atoms with Crippen LogP contribution in [0.1, 0.15) is 36.5 Å². The maximum absolute atomic E-state index is 6.44. The molecule has 23 heavy (non-hydrogen) atoms. The third-order valence-corrected chi connectivity index (χ3v) is 4.70. The van der Waals surface area contributed by atoms with Crippen LogP contribution in [0.25, 0.3) is 0 Å². The van der Waals surface area contributed by atoms with Crippen molar-refractivity contribution >= 4 is 51.8 Å². The molecule has 1 N–H and O–H groups in total. The van der Waals surface area contributed by atoms with Gasteiger partial charge < -0.3 is 5.32 Å². The molecule has 0 bridgehead atoms. The van der Waals surface area contributed by atoms with Gasteiger partial charge in [-0.05, 0) is 23.6 Å². The molecular formula is C18H16Cl2N2S. The number of rotatable bonds is 2. The van der Waals surface area contributed by atoms with Crippen LogP contribution in [0.15, 0.2) is 41.4 Å². The minimum absolute atomic E-state index is 0.415. The van der Waals surface area contributed by atoms with E-state index in [4.69, 9.17) is 35.4 Å². The zero-order valence-corrected chi connectivity index (χ0v) is 15.2. The normalized spacial score (nSPS) is 14.1. The van der Waals surface area contributed by atoms with Crippen LogP contribution < -0.4 is 5.32 Å². The van der Waals surface area contributed by atoms with Crippen LogP contribution in [0, 0.1) is 0 Å². The molecular weight excluding hydrogens is 347 g/mol. The lowest BCUT2D eigenvalue weighted by atomic mass is 9.96. The van der Waals surface area contributed by atoms with Crippen molar-refractivity contribution in [3.8, 4) is 0 Å². The second-order valence-electron chi connectivity index (χ2n) is 5.77. The van der Waals surface area contributed by atoms with E-state index in [-0.39, 0.29) is 0 Å². The van der Waals surface area contributed by atoms with Gasteiger partial charge in [0, 0.05) is 11.1 Å². The maximum atomic E-state index is 6.44. The highest BCUT2D eigenvalue weighted by Crippen LogP contribution is 2.35. The monoisotopic (exact) mass is 362 g/mol. The third-order valence-electron chi connectivity index (χ3n) is 3.84. The highest BCUT2D eigenvalue weighted by molar-refractivity contribution is 7.80. The second kappa shape index (κ2) is 6.60. The smallest absolute Gasteiger partial charge is 0.102 e. The number of benzodiazepines with no additional fused rings is 1. The number of aliphatic imine (C=N–C) groups is 1. The predicted molar refractivity (Wildman–Crippen MR) is 104 cm³/mol. The van der Waals surface area contributed by atoms with Crippen molar-refractivity contribution in [2.24, 2.45) is 4.99 Å². The molecule has 0 atom stereocenters. The first kappa shape index (κ1) is 16.4. The summed E-state index contributed by atoms with van der Waals surface area (Å²) in [6.07, 6.45) is 0. The molecule has 0 saturated heterocycles. The maximum Gasteiger partial charge on any atom is 0.102 e. The van der Waals surface area contributed by atoms with Gasteiger partial charge in [-0.1, -0.05) is 73.5 Å². The van der Waals surface area contributed by atoms with Crippen molar-refractivity contribution < 1.29 is 0 Å².